The van der Waals surface area contributed by atoms with Crippen molar-refractivity contribution in [3.05, 3.63) is 28.2 Å². The maximum atomic E-state index is 11.7. The molecule has 0 saturated carbocycles. The van der Waals surface area contributed by atoms with Crippen LogP contribution in [0.3, 0.4) is 0 Å². The molecular weight excluding hydrogens is 348 g/mol. The van der Waals surface area contributed by atoms with Gasteiger partial charge in [-0.2, -0.15) is 0 Å². The third-order valence-corrected chi connectivity index (χ3v) is 7.53. The second-order valence-corrected chi connectivity index (χ2v) is 9.15. The number of hydrogen-bond acceptors (Lipinski definition) is 4. The molecule has 0 radical (unpaired) electrons. The van der Waals surface area contributed by atoms with Crippen molar-refractivity contribution >= 4 is 48.4 Å². The van der Waals surface area contributed by atoms with Crippen LogP contribution in [0.25, 0.3) is 0 Å². The fourth-order valence-electron chi connectivity index (χ4n) is 2.59. The van der Waals surface area contributed by atoms with Gasteiger partial charge in [0.25, 0.3) is 0 Å². The zero-order valence-electron chi connectivity index (χ0n) is 10.3. The van der Waals surface area contributed by atoms with E-state index in [1.54, 1.807) is 0 Å². The van der Waals surface area contributed by atoms with Crippen LogP contribution in [0.15, 0.2) is 22.7 Å². The highest BCUT2D eigenvalue weighted by molar-refractivity contribution is 9.10. The number of benzene rings is 1. The summed E-state index contributed by atoms with van der Waals surface area (Å²) in [5, 5.41) is 8.53. The molecule has 0 aromatic heterocycles. The highest BCUT2D eigenvalue weighted by Gasteiger charge is 2.48. The van der Waals surface area contributed by atoms with Crippen LogP contribution in [0.2, 0.25) is 0 Å². The summed E-state index contributed by atoms with van der Waals surface area (Å²) < 4.78 is 24.5. The Morgan fingerprint density at radius 3 is 2.84 bits per heavy atom. The molecule has 1 N–H and O–H groups in total. The third-order valence-electron chi connectivity index (χ3n) is 3.51. The maximum absolute atomic E-state index is 11.7. The molecule has 2 aliphatic heterocycles. The molecule has 1 aromatic rings. The summed E-state index contributed by atoms with van der Waals surface area (Å²) in [6.07, 6.45) is 0. The number of halogens is 1. The first kappa shape index (κ1) is 13.5. The van der Waals surface area contributed by atoms with E-state index in [4.69, 9.17) is 5.41 Å². The second-order valence-electron chi connectivity index (χ2n) is 4.91. The Labute approximate surface area is 125 Å². The van der Waals surface area contributed by atoms with E-state index in [1.165, 1.54) is 11.8 Å². The molecule has 2 aliphatic rings. The number of anilines is 1. The van der Waals surface area contributed by atoms with Crippen molar-refractivity contribution in [2.45, 2.75) is 18.2 Å². The van der Waals surface area contributed by atoms with Crippen molar-refractivity contribution in [3.63, 3.8) is 0 Å². The Morgan fingerprint density at radius 1 is 1.42 bits per heavy atom. The van der Waals surface area contributed by atoms with Gasteiger partial charge >= 0.3 is 0 Å². The molecule has 7 heteroatoms. The second kappa shape index (κ2) is 4.49. The lowest BCUT2D eigenvalue weighted by molar-refractivity contribution is 0.601. The van der Waals surface area contributed by atoms with E-state index in [9.17, 15) is 8.42 Å². The third kappa shape index (κ3) is 2.32. The van der Waals surface area contributed by atoms with Gasteiger partial charge < -0.3 is 4.90 Å². The summed E-state index contributed by atoms with van der Waals surface area (Å²) in [5.41, 5.74) is 1.99. The van der Waals surface area contributed by atoms with E-state index >= 15 is 0 Å². The number of fused-ring (bicyclic) bond motifs is 1. The molecule has 0 unspecified atom stereocenters. The molecule has 0 amide bonds. The molecule has 0 spiro atoms. The Balaban J connectivity index is 1.99. The number of sulfone groups is 1. The van der Waals surface area contributed by atoms with Gasteiger partial charge in [-0.15, -0.1) is 0 Å². The largest absolute Gasteiger partial charge is 0.316 e. The van der Waals surface area contributed by atoms with Gasteiger partial charge in [0.15, 0.2) is 15.0 Å². The summed E-state index contributed by atoms with van der Waals surface area (Å²) in [6, 6.07) is 5.77. The zero-order chi connectivity index (χ0) is 13.8. The quantitative estimate of drug-likeness (QED) is 0.835. The number of hydrogen-bond donors (Lipinski definition) is 1. The predicted octanol–water partition coefficient (Wildman–Crippen LogP) is 2.41. The van der Waals surface area contributed by atoms with E-state index < -0.39 is 9.84 Å². The molecule has 4 nitrogen and oxygen atoms in total. The van der Waals surface area contributed by atoms with E-state index in [0.29, 0.717) is 5.17 Å². The molecule has 0 bridgehead atoms. The van der Waals surface area contributed by atoms with E-state index in [2.05, 4.69) is 15.9 Å². The van der Waals surface area contributed by atoms with Crippen LogP contribution >= 0.6 is 27.7 Å². The minimum Gasteiger partial charge on any atom is -0.316 e. The van der Waals surface area contributed by atoms with Gasteiger partial charge in [0, 0.05) is 15.4 Å². The van der Waals surface area contributed by atoms with Crippen molar-refractivity contribution in [1.82, 2.24) is 0 Å². The average molecular weight is 361 g/mol. The van der Waals surface area contributed by atoms with Gasteiger partial charge in [-0.1, -0.05) is 27.7 Å². The maximum Gasteiger partial charge on any atom is 0.161 e. The Bertz CT molecular complexity index is 660. The molecule has 19 heavy (non-hydrogen) atoms. The SMILES string of the molecule is Cc1cc(N2C(=N)S[C@H]3CS(=O)(=O)C[C@@H]32)ccc1Br. The molecule has 102 valence electrons. The number of nitrogens with one attached hydrogen (secondary N) is 1. The molecule has 2 heterocycles. The minimum absolute atomic E-state index is 0.00135. The molecule has 2 atom stereocenters. The van der Waals surface area contributed by atoms with Gasteiger partial charge in [0.1, 0.15) is 0 Å². The standard InChI is InChI=1S/C12H13BrN2O2S2/c1-7-4-8(2-3-9(7)13)15-10-5-19(16,17)6-11(10)18-12(15)14/h2-4,10-11,14H,5-6H2,1H3/t10-,11-/m0/s1. The van der Waals surface area contributed by atoms with Gasteiger partial charge in [-0.25, -0.2) is 8.42 Å². The van der Waals surface area contributed by atoms with Crippen molar-refractivity contribution < 1.29 is 8.42 Å². The molecule has 0 aliphatic carbocycles. The molecule has 1 aromatic carbocycles. The number of nitrogens with zero attached hydrogens (tertiary/aromatic N) is 1. The van der Waals surface area contributed by atoms with Crippen molar-refractivity contribution in [3.8, 4) is 0 Å². The first-order valence-electron chi connectivity index (χ1n) is 5.88. The summed E-state index contributed by atoms with van der Waals surface area (Å²) >= 11 is 4.82. The molecule has 2 fully saturated rings. The van der Waals surface area contributed by atoms with Crippen LogP contribution < -0.4 is 4.90 Å². The summed E-state index contributed by atoms with van der Waals surface area (Å²) in [5.74, 6) is 0.346. The van der Waals surface area contributed by atoms with Gasteiger partial charge in [-0.05, 0) is 30.7 Å². The molecule has 3 rings (SSSR count). The van der Waals surface area contributed by atoms with Crippen LogP contribution in [0, 0.1) is 12.3 Å². The van der Waals surface area contributed by atoms with Crippen molar-refractivity contribution in [2.75, 3.05) is 16.4 Å². The van der Waals surface area contributed by atoms with Gasteiger partial charge in [0.2, 0.25) is 0 Å². The predicted molar refractivity (Wildman–Crippen MR) is 82.9 cm³/mol. The highest BCUT2D eigenvalue weighted by Crippen LogP contribution is 2.40. The van der Waals surface area contributed by atoms with E-state index in [-0.39, 0.29) is 22.8 Å². The summed E-state index contributed by atoms with van der Waals surface area (Å²) in [6.45, 7) is 1.99. The Hall–Kier alpha value is -0.530. The van der Waals surface area contributed by atoms with Crippen LogP contribution in [0.1, 0.15) is 5.56 Å². The van der Waals surface area contributed by atoms with Gasteiger partial charge in [-0.3, -0.25) is 5.41 Å². The van der Waals surface area contributed by atoms with Crippen LogP contribution in [-0.2, 0) is 9.84 Å². The Morgan fingerprint density at radius 2 is 2.16 bits per heavy atom. The molecule has 2 saturated heterocycles. The summed E-state index contributed by atoms with van der Waals surface area (Å²) in [7, 11) is -2.96. The average Bonchev–Trinajstić information content (AvgIpc) is 2.73. The zero-order valence-corrected chi connectivity index (χ0v) is 13.5. The van der Waals surface area contributed by atoms with Crippen LogP contribution in [0.4, 0.5) is 5.69 Å². The fourth-order valence-corrected chi connectivity index (χ4v) is 6.63. The fraction of sp³-hybridized carbons (Fsp3) is 0.417. The minimum atomic E-state index is -2.96. The first-order chi connectivity index (χ1) is 8.87. The number of aryl methyl sites for hydroxylation is 1. The van der Waals surface area contributed by atoms with Gasteiger partial charge in [0.05, 0.1) is 17.5 Å². The van der Waals surface area contributed by atoms with Crippen LogP contribution in [-0.4, -0.2) is 36.4 Å². The number of amidine groups is 1. The smallest absolute Gasteiger partial charge is 0.161 e. The first-order valence-corrected chi connectivity index (χ1v) is 9.38. The number of thioether (sulfide) groups is 1. The van der Waals surface area contributed by atoms with Crippen molar-refractivity contribution in [1.29, 1.82) is 5.41 Å². The van der Waals surface area contributed by atoms with Crippen molar-refractivity contribution in [2.24, 2.45) is 0 Å². The number of rotatable bonds is 1. The van der Waals surface area contributed by atoms with E-state index in [0.717, 1.165) is 15.7 Å². The topological polar surface area (TPSA) is 61.2 Å². The lowest BCUT2D eigenvalue weighted by atomic mass is 10.1. The lowest BCUT2D eigenvalue weighted by Crippen LogP contribution is -2.37. The lowest BCUT2D eigenvalue weighted by Gasteiger charge is -2.24. The monoisotopic (exact) mass is 360 g/mol. The highest BCUT2D eigenvalue weighted by atomic mass is 79.9. The van der Waals surface area contributed by atoms with E-state index in [1.807, 2.05) is 30.0 Å². The summed E-state index contributed by atoms with van der Waals surface area (Å²) in [4.78, 5) is 1.86. The van der Waals surface area contributed by atoms with Crippen LogP contribution in [0.5, 0.6) is 0 Å². The molecular formula is C12H13BrN2O2S2. The Kier molecular flexibility index (Phi) is 3.18. The normalized spacial score (nSPS) is 28.7.